The molecule has 1 amide bonds. The summed E-state index contributed by atoms with van der Waals surface area (Å²) in [7, 11) is 1.46. The molecule has 12 heteroatoms. The quantitative estimate of drug-likeness (QED) is 0.315. The molecule has 0 spiro atoms. The van der Waals surface area contributed by atoms with Crippen LogP contribution in [0.15, 0.2) is 36.9 Å². The number of halogens is 1. The van der Waals surface area contributed by atoms with Crippen molar-refractivity contribution < 1.29 is 24.5 Å². The van der Waals surface area contributed by atoms with Crippen LogP contribution in [0.25, 0.3) is 11.2 Å². The Kier molecular flexibility index (Phi) is 6.34. The van der Waals surface area contributed by atoms with Crippen molar-refractivity contribution in [1.82, 2.24) is 24.8 Å². The minimum absolute atomic E-state index is 0.125. The Hall–Kier alpha value is -2.39. The molecule has 31 heavy (non-hydrogen) atoms. The van der Waals surface area contributed by atoms with Crippen LogP contribution in [0.5, 0.6) is 0 Å². The maximum Gasteiger partial charge on any atom is 0.251 e. The maximum atomic E-state index is 12.5. The first-order valence-corrected chi connectivity index (χ1v) is 10.5. The minimum Gasteiger partial charge on any atom is -0.387 e. The van der Waals surface area contributed by atoms with Crippen LogP contribution in [0.1, 0.15) is 11.8 Å². The molecule has 0 aliphatic carbocycles. The number of fused-ring (bicyclic) bond motifs is 1. The first-order chi connectivity index (χ1) is 14.9. The van der Waals surface area contributed by atoms with Crippen LogP contribution in [0, 0.1) is 3.57 Å². The van der Waals surface area contributed by atoms with Gasteiger partial charge in [0.25, 0.3) is 5.91 Å². The van der Waals surface area contributed by atoms with Gasteiger partial charge in [0.2, 0.25) is 0 Å². The lowest BCUT2D eigenvalue weighted by Gasteiger charge is -2.24. The zero-order valence-corrected chi connectivity index (χ0v) is 18.6. The lowest BCUT2D eigenvalue weighted by molar-refractivity contribution is -0.152. The fraction of sp³-hybridized carbons (Fsp3) is 0.368. The van der Waals surface area contributed by atoms with Crippen molar-refractivity contribution in [1.29, 1.82) is 0 Å². The highest BCUT2D eigenvalue weighted by Crippen LogP contribution is 2.34. The molecule has 0 radical (unpaired) electrons. The molecule has 1 aromatic carbocycles. The summed E-state index contributed by atoms with van der Waals surface area (Å²) in [4.78, 5) is 24.7. The van der Waals surface area contributed by atoms with Gasteiger partial charge in [-0.3, -0.25) is 9.36 Å². The van der Waals surface area contributed by atoms with E-state index in [9.17, 15) is 15.0 Å². The van der Waals surface area contributed by atoms with Crippen LogP contribution >= 0.6 is 22.6 Å². The number of anilines is 1. The molecule has 1 aliphatic heterocycles. The highest BCUT2D eigenvalue weighted by Gasteiger charge is 2.50. The summed E-state index contributed by atoms with van der Waals surface area (Å²) in [5.74, 6) is -0.304. The molecule has 2 aromatic heterocycles. The fourth-order valence-corrected chi connectivity index (χ4v) is 4.10. The molecule has 1 aliphatic rings. The number of hydrogen-bond donors (Lipinski definition) is 4. The van der Waals surface area contributed by atoms with Crippen LogP contribution in [0.3, 0.4) is 0 Å². The largest absolute Gasteiger partial charge is 0.387 e. The first-order valence-electron chi connectivity index (χ1n) is 9.43. The maximum absolute atomic E-state index is 12.5. The molecule has 4 rings (SSSR count). The number of aliphatic hydroxyl groups is 2. The van der Waals surface area contributed by atoms with Gasteiger partial charge in [-0.15, -0.1) is 0 Å². The van der Waals surface area contributed by atoms with Crippen molar-refractivity contribution in [3.05, 3.63) is 46.1 Å². The molecule has 3 heterocycles. The number of carbonyl (C=O) groups excluding carboxylic acids is 1. The Morgan fingerprint density at radius 2 is 2.16 bits per heavy atom. The number of carbonyl (C=O) groups is 1. The van der Waals surface area contributed by atoms with Crippen LogP contribution < -0.4 is 11.1 Å². The van der Waals surface area contributed by atoms with E-state index in [1.165, 1.54) is 24.3 Å². The number of aliphatic hydroxyl groups excluding tert-OH is 2. The number of aromatic nitrogens is 4. The number of likely N-dealkylation sites (N-methyl/N-ethyl adjacent to an activating group) is 1. The van der Waals surface area contributed by atoms with Crippen LogP contribution in [-0.4, -0.2) is 67.1 Å². The topological polar surface area (TPSA) is 158 Å². The first kappa shape index (κ1) is 21.8. The van der Waals surface area contributed by atoms with Gasteiger partial charge in [-0.1, -0.05) is 12.1 Å². The predicted octanol–water partition coefficient (Wildman–Crippen LogP) is -0.0363. The summed E-state index contributed by atoms with van der Waals surface area (Å²) in [5.41, 5.74) is 7.35. The number of ether oxygens (including phenoxy) is 2. The van der Waals surface area contributed by atoms with Gasteiger partial charge < -0.3 is 30.7 Å². The van der Waals surface area contributed by atoms with Gasteiger partial charge in [-0.25, -0.2) is 15.0 Å². The third-order valence-electron chi connectivity index (χ3n) is 5.06. The second-order valence-corrected chi connectivity index (χ2v) is 8.28. The summed E-state index contributed by atoms with van der Waals surface area (Å²) in [6, 6.07) is 7.62. The van der Waals surface area contributed by atoms with E-state index in [0.717, 1.165) is 9.13 Å². The molecule has 1 unspecified atom stereocenters. The zero-order chi connectivity index (χ0) is 22.1. The molecule has 3 aromatic rings. The number of amides is 1. The Morgan fingerprint density at radius 3 is 2.90 bits per heavy atom. The van der Waals surface area contributed by atoms with E-state index in [0.29, 0.717) is 11.2 Å². The van der Waals surface area contributed by atoms with E-state index in [2.05, 4.69) is 42.9 Å². The van der Waals surface area contributed by atoms with Crippen LogP contribution in [0.2, 0.25) is 0 Å². The molecular formula is C19H21IN6O5. The number of hydrogen-bond acceptors (Lipinski definition) is 9. The monoisotopic (exact) mass is 540 g/mol. The summed E-state index contributed by atoms with van der Waals surface area (Å²) < 4.78 is 14.2. The molecule has 0 bridgehead atoms. The third-order valence-corrected chi connectivity index (χ3v) is 5.73. The fourth-order valence-electron chi connectivity index (χ4n) is 3.50. The molecular weight excluding hydrogens is 519 g/mol. The van der Waals surface area contributed by atoms with Crippen molar-refractivity contribution in [2.75, 3.05) is 12.8 Å². The number of nitrogens with two attached hydrogens (primary N) is 1. The lowest BCUT2D eigenvalue weighted by Crippen LogP contribution is -2.48. The van der Waals surface area contributed by atoms with Gasteiger partial charge in [-0.2, -0.15) is 0 Å². The standard InChI is InChI=1S/C19H21IN6O5/c1-22-18(29)15(30-6-9-3-2-4-10(20)5-9)14-12(27)13(28)19(31-14)26-8-25-11-16(21)23-7-24-17(11)26/h2-5,7-8,12-15,19,27-28H,6H2,1H3,(H,22,29)(H2,21,23,24)/t12-,13+,14-,15?,19+/m0/s1. The second-order valence-electron chi connectivity index (χ2n) is 7.03. The van der Waals surface area contributed by atoms with Gasteiger partial charge in [0.1, 0.15) is 30.2 Å². The van der Waals surface area contributed by atoms with E-state index >= 15 is 0 Å². The number of imidazole rings is 1. The highest BCUT2D eigenvalue weighted by atomic mass is 127. The highest BCUT2D eigenvalue weighted by molar-refractivity contribution is 14.1. The van der Waals surface area contributed by atoms with Crippen molar-refractivity contribution in [2.24, 2.45) is 0 Å². The van der Waals surface area contributed by atoms with Crippen molar-refractivity contribution in [3.8, 4) is 0 Å². The van der Waals surface area contributed by atoms with Crippen molar-refractivity contribution in [2.45, 2.75) is 37.3 Å². The molecule has 5 atom stereocenters. The van der Waals surface area contributed by atoms with Crippen LogP contribution in [0.4, 0.5) is 5.82 Å². The number of nitrogen functional groups attached to an aromatic ring is 1. The predicted molar refractivity (Wildman–Crippen MR) is 117 cm³/mol. The van der Waals surface area contributed by atoms with Gasteiger partial charge >= 0.3 is 0 Å². The second kappa shape index (κ2) is 9.00. The van der Waals surface area contributed by atoms with Gasteiger partial charge in [0.05, 0.1) is 12.9 Å². The Labute approximate surface area is 190 Å². The summed E-state index contributed by atoms with van der Waals surface area (Å²) in [5, 5.41) is 23.9. The molecule has 0 saturated carbocycles. The number of benzene rings is 1. The molecule has 1 fully saturated rings. The van der Waals surface area contributed by atoms with Crippen molar-refractivity contribution >= 4 is 45.5 Å². The smallest absolute Gasteiger partial charge is 0.251 e. The van der Waals surface area contributed by atoms with Crippen molar-refractivity contribution in [3.63, 3.8) is 0 Å². The Bertz CT molecular complexity index is 1090. The normalized spacial score (nSPS) is 24.4. The van der Waals surface area contributed by atoms with E-state index in [4.69, 9.17) is 15.2 Å². The minimum atomic E-state index is -1.39. The molecule has 11 nitrogen and oxygen atoms in total. The van der Waals surface area contributed by atoms with E-state index < -0.39 is 36.6 Å². The number of nitrogens with zero attached hydrogens (tertiary/aromatic N) is 4. The molecule has 5 N–H and O–H groups in total. The third kappa shape index (κ3) is 4.21. The van der Waals surface area contributed by atoms with Gasteiger partial charge in [-0.05, 0) is 40.3 Å². The zero-order valence-electron chi connectivity index (χ0n) is 16.4. The molecule has 164 valence electrons. The summed E-state index contributed by atoms with van der Waals surface area (Å²) in [6.45, 7) is 0.125. The Morgan fingerprint density at radius 1 is 1.35 bits per heavy atom. The van der Waals surface area contributed by atoms with Gasteiger partial charge in [0.15, 0.2) is 23.8 Å². The SMILES string of the molecule is CNC(=O)C(OCc1cccc(I)c1)[C@H]1O[C@@H](n2cnc3c(N)ncnc32)[C@H](O)[C@@H]1O. The summed E-state index contributed by atoms with van der Waals surface area (Å²) >= 11 is 2.18. The number of nitrogens with one attached hydrogen (secondary N) is 1. The lowest BCUT2D eigenvalue weighted by atomic mass is 10.0. The van der Waals surface area contributed by atoms with E-state index in [1.807, 2.05) is 24.3 Å². The summed E-state index contributed by atoms with van der Waals surface area (Å²) in [6.07, 6.45) is -3.42. The average Bonchev–Trinajstić information content (AvgIpc) is 3.31. The molecule has 1 saturated heterocycles. The van der Waals surface area contributed by atoms with E-state index in [-0.39, 0.29) is 12.4 Å². The number of rotatable bonds is 6. The van der Waals surface area contributed by atoms with Gasteiger partial charge in [0, 0.05) is 10.6 Å². The average molecular weight is 540 g/mol. The van der Waals surface area contributed by atoms with Crippen LogP contribution in [-0.2, 0) is 20.9 Å². The van der Waals surface area contributed by atoms with E-state index in [1.54, 1.807) is 0 Å². The Balaban J connectivity index is 1.58.